The van der Waals surface area contributed by atoms with Crippen molar-refractivity contribution in [3.63, 3.8) is 0 Å². The topological polar surface area (TPSA) is 111 Å². The molecule has 492 valence electrons. The third-order valence-corrected chi connectivity index (χ3v) is 16.5. The zero-order valence-electron chi connectivity index (χ0n) is 56.3. The first-order chi connectivity index (χ1) is 41.4. The van der Waals surface area contributed by atoms with Crippen LogP contribution >= 0.6 is 7.82 Å². The predicted octanol–water partition coefficient (Wildman–Crippen LogP) is 22.7. The first-order valence-corrected chi connectivity index (χ1v) is 37.1. The number of nitrogens with zero attached hydrogens (tertiary/aromatic N) is 1. The van der Waals surface area contributed by atoms with Gasteiger partial charge < -0.3 is 19.4 Å². The number of ether oxygens (including phenoxy) is 1. The molecule has 1 amide bonds. The third kappa shape index (κ3) is 65.2. The van der Waals surface area contributed by atoms with Crippen LogP contribution in [0.1, 0.15) is 316 Å². The van der Waals surface area contributed by atoms with Crippen molar-refractivity contribution >= 4 is 19.7 Å². The molecule has 0 aromatic rings. The van der Waals surface area contributed by atoms with E-state index in [1.54, 1.807) is 0 Å². The number of unbranched alkanes of at least 4 members (excludes halogenated alkanes) is 34. The number of quaternary nitrogens is 1. The van der Waals surface area contributed by atoms with Crippen LogP contribution in [0.15, 0.2) is 97.2 Å². The lowest BCUT2D eigenvalue weighted by Gasteiger charge is -2.27. The Morgan fingerprint density at radius 2 is 0.753 bits per heavy atom. The number of likely N-dealkylation sites (N-methyl/N-ethyl adjacent to an activating group) is 1. The van der Waals surface area contributed by atoms with E-state index < -0.39 is 20.0 Å². The minimum atomic E-state index is -4.47. The second-order valence-corrected chi connectivity index (χ2v) is 26.5. The van der Waals surface area contributed by atoms with Crippen LogP contribution in [0, 0.1) is 0 Å². The van der Waals surface area contributed by atoms with E-state index in [1.807, 2.05) is 33.3 Å². The van der Waals surface area contributed by atoms with Crippen molar-refractivity contribution in [3.8, 4) is 0 Å². The Hall–Kier alpha value is -3.07. The van der Waals surface area contributed by atoms with Crippen LogP contribution < -0.4 is 5.32 Å². The summed E-state index contributed by atoms with van der Waals surface area (Å²) in [6.45, 7) is 6.89. The van der Waals surface area contributed by atoms with E-state index in [1.165, 1.54) is 186 Å². The van der Waals surface area contributed by atoms with Crippen molar-refractivity contribution in [2.45, 2.75) is 328 Å². The zero-order valence-corrected chi connectivity index (χ0v) is 57.2. The number of phosphoric ester groups is 1. The molecule has 0 saturated heterocycles. The number of carbonyl (C=O) groups excluding carboxylic acids is 2. The Balaban J connectivity index is 5.17. The van der Waals surface area contributed by atoms with E-state index >= 15 is 0 Å². The summed E-state index contributed by atoms with van der Waals surface area (Å²) in [5.41, 5.74) is 0. The molecule has 3 atom stereocenters. The molecule has 0 rings (SSSR count). The van der Waals surface area contributed by atoms with E-state index in [0.717, 1.165) is 89.9 Å². The molecule has 0 saturated carbocycles. The molecule has 85 heavy (non-hydrogen) atoms. The van der Waals surface area contributed by atoms with Crippen molar-refractivity contribution in [2.24, 2.45) is 0 Å². The molecule has 0 aliphatic carbocycles. The molecule has 0 aromatic carbocycles. The summed E-state index contributed by atoms with van der Waals surface area (Å²) in [7, 11) is 1.46. The third-order valence-electron chi connectivity index (χ3n) is 15.5. The van der Waals surface area contributed by atoms with Gasteiger partial charge in [-0.1, -0.05) is 292 Å². The lowest BCUT2D eigenvalue weighted by Crippen LogP contribution is -2.47. The summed E-state index contributed by atoms with van der Waals surface area (Å²) in [6, 6.07) is -0.877. The van der Waals surface area contributed by atoms with Gasteiger partial charge in [-0.3, -0.25) is 18.6 Å². The van der Waals surface area contributed by atoms with E-state index in [2.05, 4.69) is 111 Å². The highest BCUT2D eigenvalue weighted by molar-refractivity contribution is 7.47. The van der Waals surface area contributed by atoms with Crippen molar-refractivity contribution in [1.29, 1.82) is 0 Å². The van der Waals surface area contributed by atoms with Crippen LogP contribution in [-0.2, 0) is 27.9 Å². The minimum Gasteiger partial charge on any atom is -0.456 e. The fraction of sp³-hybridized carbons (Fsp3) is 0.760. The Labute approximate surface area is 526 Å². The average Bonchev–Trinajstić information content (AvgIpc) is 3.50. The van der Waals surface area contributed by atoms with Crippen LogP contribution in [0.2, 0.25) is 0 Å². The predicted molar refractivity (Wildman–Crippen MR) is 369 cm³/mol. The van der Waals surface area contributed by atoms with Gasteiger partial charge in [-0.25, -0.2) is 4.57 Å². The van der Waals surface area contributed by atoms with Gasteiger partial charge in [0.2, 0.25) is 5.91 Å². The highest BCUT2D eigenvalue weighted by Crippen LogP contribution is 2.43. The molecule has 0 aliphatic heterocycles. The van der Waals surface area contributed by atoms with Crippen molar-refractivity contribution in [1.82, 2.24) is 5.32 Å². The summed E-state index contributed by atoms with van der Waals surface area (Å²) in [5.74, 6) is -0.550. The normalized spacial score (nSPS) is 14.1. The van der Waals surface area contributed by atoms with E-state index in [9.17, 15) is 19.0 Å². The standard InChI is InChI=1S/C75H135N2O7P/c1-7-10-13-16-19-22-25-28-30-32-34-36-37-38-39-41-43-45-47-50-53-56-59-62-65-68-75(79)84-73(66-63-60-57-54-51-48-27-24-21-18-15-12-9-3)72(71-83-85(80,81)82-70-69-77(4,5)6)76-74(78)67-64-61-58-55-52-49-46-44-42-40-35-33-31-29-26-23-20-17-14-11-8-2/h11,14,20,23,28-31,35,40,44,46,52,55,63,66,72-73H,7-10,12-13,15-19,21-22,24-27,32-34,36-39,41-43,45,47-51,53-54,56-62,64-65,67-71H2,1-6H3,(H-,76,78,80,81)/p+1/b14-11-,23-20-,30-28+,31-29-,40-35-,46-44-,55-52-,66-63+. The molecular weight excluding hydrogens is 1070 g/mol. The van der Waals surface area contributed by atoms with Gasteiger partial charge in [0.25, 0.3) is 0 Å². The molecule has 0 aromatic heterocycles. The molecule has 0 spiro atoms. The number of hydrogen-bond acceptors (Lipinski definition) is 6. The van der Waals surface area contributed by atoms with E-state index in [0.29, 0.717) is 17.4 Å². The molecule has 0 heterocycles. The summed E-state index contributed by atoms with van der Waals surface area (Å²) in [5, 5.41) is 3.04. The molecule has 0 fully saturated rings. The van der Waals surface area contributed by atoms with Crippen LogP contribution in [0.5, 0.6) is 0 Å². The lowest BCUT2D eigenvalue weighted by atomic mass is 10.0. The highest BCUT2D eigenvalue weighted by atomic mass is 31.2. The number of esters is 1. The van der Waals surface area contributed by atoms with Crippen LogP contribution in [-0.4, -0.2) is 74.3 Å². The SMILES string of the molecule is CC/C=C\C/C=C\C/C=C\C/C=C\C/C=C\C/C=C\CCCCC(=O)NC(COP(=O)(O)OCC[N+](C)(C)C)C(/C=C/CCCCCCCCCCCCC)OC(=O)CCCCCCCCCCCCCCCCC/C=C/CCCCCCCC. The highest BCUT2D eigenvalue weighted by Gasteiger charge is 2.30. The number of carbonyl (C=O) groups is 2. The Morgan fingerprint density at radius 1 is 0.424 bits per heavy atom. The number of nitrogens with one attached hydrogen (secondary N) is 1. The molecule has 0 aliphatic rings. The number of hydrogen-bond donors (Lipinski definition) is 2. The van der Waals surface area contributed by atoms with Gasteiger partial charge in [-0.15, -0.1) is 0 Å². The molecular formula is C75H136N2O7P+. The largest absolute Gasteiger partial charge is 0.472 e. The summed E-state index contributed by atoms with van der Waals surface area (Å²) in [4.78, 5) is 37.9. The van der Waals surface area contributed by atoms with Crippen LogP contribution in [0.4, 0.5) is 0 Å². The maximum absolute atomic E-state index is 13.6. The van der Waals surface area contributed by atoms with Gasteiger partial charge in [0.15, 0.2) is 0 Å². The maximum atomic E-state index is 13.6. The average molecular weight is 1210 g/mol. The van der Waals surface area contributed by atoms with Crippen molar-refractivity contribution in [3.05, 3.63) is 97.2 Å². The van der Waals surface area contributed by atoms with Crippen LogP contribution in [0.25, 0.3) is 0 Å². The number of phosphoric acid groups is 1. The second-order valence-electron chi connectivity index (χ2n) is 25.0. The summed E-state index contributed by atoms with van der Waals surface area (Å²) < 4.78 is 30.8. The van der Waals surface area contributed by atoms with Crippen LogP contribution in [0.3, 0.4) is 0 Å². The molecule has 2 N–H and O–H groups in total. The first-order valence-electron chi connectivity index (χ1n) is 35.6. The Bertz CT molecular complexity index is 1780. The van der Waals surface area contributed by atoms with E-state index in [-0.39, 0.29) is 37.9 Å². The molecule has 10 heteroatoms. The molecule has 0 radical (unpaired) electrons. The fourth-order valence-electron chi connectivity index (χ4n) is 10.1. The number of rotatable bonds is 64. The molecule has 0 bridgehead atoms. The first kappa shape index (κ1) is 81.9. The quantitative estimate of drug-likeness (QED) is 0.0205. The Morgan fingerprint density at radius 3 is 1.15 bits per heavy atom. The maximum Gasteiger partial charge on any atom is 0.472 e. The number of amides is 1. The lowest BCUT2D eigenvalue weighted by molar-refractivity contribution is -0.870. The van der Waals surface area contributed by atoms with E-state index in [4.69, 9.17) is 13.8 Å². The minimum absolute atomic E-state index is 0.0284. The van der Waals surface area contributed by atoms with Gasteiger partial charge in [-0.2, -0.15) is 0 Å². The zero-order chi connectivity index (χ0) is 62.1. The van der Waals surface area contributed by atoms with Gasteiger partial charge >= 0.3 is 13.8 Å². The fourth-order valence-corrected chi connectivity index (χ4v) is 10.8. The monoisotopic (exact) mass is 1210 g/mol. The van der Waals surface area contributed by atoms with Gasteiger partial charge in [-0.05, 0) is 109 Å². The van der Waals surface area contributed by atoms with Gasteiger partial charge in [0.05, 0.1) is 33.8 Å². The number of allylic oxidation sites excluding steroid dienone is 15. The molecule has 9 nitrogen and oxygen atoms in total. The van der Waals surface area contributed by atoms with Crippen molar-refractivity contribution < 1.29 is 37.3 Å². The Kier molecular flexibility index (Phi) is 61.6. The van der Waals surface area contributed by atoms with Gasteiger partial charge in [0.1, 0.15) is 19.3 Å². The molecule has 3 unspecified atom stereocenters. The summed E-state index contributed by atoms with van der Waals surface area (Å²) in [6.07, 6.45) is 87.1. The van der Waals surface area contributed by atoms with Crippen molar-refractivity contribution in [2.75, 3.05) is 40.9 Å². The smallest absolute Gasteiger partial charge is 0.456 e. The van der Waals surface area contributed by atoms with Gasteiger partial charge in [0, 0.05) is 12.8 Å². The second kappa shape index (κ2) is 63.9. The summed E-state index contributed by atoms with van der Waals surface area (Å²) >= 11 is 0.